The van der Waals surface area contributed by atoms with Crippen molar-refractivity contribution in [3.05, 3.63) is 94.2 Å². The Bertz CT molecular complexity index is 1150. The number of carbonyl (C=O) groups excluding carboxylic acids is 1. The molecule has 0 aliphatic carbocycles. The number of anilines is 1. The zero-order chi connectivity index (χ0) is 23.6. The van der Waals surface area contributed by atoms with Gasteiger partial charge >= 0.3 is 0 Å². The van der Waals surface area contributed by atoms with Gasteiger partial charge in [-0.05, 0) is 74.1 Å². The lowest BCUT2D eigenvalue weighted by Gasteiger charge is -2.29. The molecule has 1 aromatic heterocycles. The number of piperidine rings is 1. The van der Waals surface area contributed by atoms with Crippen LogP contribution in [-0.2, 0) is 0 Å². The second-order valence-electron chi connectivity index (χ2n) is 8.11. The number of rotatable bonds is 7. The number of carbonyl (C=O) groups is 1. The van der Waals surface area contributed by atoms with Gasteiger partial charge in [-0.25, -0.2) is 5.43 Å². The van der Waals surface area contributed by atoms with E-state index in [1.165, 1.54) is 12.0 Å². The van der Waals surface area contributed by atoms with E-state index >= 15 is 0 Å². The Morgan fingerprint density at radius 2 is 1.71 bits per heavy atom. The van der Waals surface area contributed by atoms with Gasteiger partial charge in [0.25, 0.3) is 5.91 Å². The summed E-state index contributed by atoms with van der Waals surface area (Å²) in [5.41, 5.74) is 9.15. The second-order valence-corrected chi connectivity index (χ2v) is 9.09. The van der Waals surface area contributed by atoms with Gasteiger partial charge in [0.1, 0.15) is 5.71 Å². The van der Waals surface area contributed by atoms with Crippen LogP contribution in [0, 0.1) is 6.92 Å². The van der Waals surface area contributed by atoms with Gasteiger partial charge in [-0.15, -0.1) is 11.3 Å². The summed E-state index contributed by atoms with van der Waals surface area (Å²) in [4.78, 5) is 16.0. The van der Waals surface area contributed by atoms with Gasteiger partial charge in [0.2, 0.25) is 0 Å². The molecule has 1 amide bonds. The number of hydrazone groups is 2. The van der Waals surface area contributed by atoms with E-state index < -0.39 is 0 Å². The molecule has 0 spiro atoms. The molecule has 1 aliphatic heterocycles. The minimum Gasteiger partial charge on any atom is -0.353 e. The molecule has 4 rings (SSSR count). The highest BCUT2D eigenvalue weighted by Crippen LogP contribution is 2.15. The van der Waals surface area contributed by atoms with Crippen molar-refractivity contribution in [2.75, 3.05) is 18.5 Å². The average molecular weight is 472 g/mol. The van der Waals surface area contributed by atoms with E-state index in [-0.39, 0.29) is 5.91 Å². The van der Waals surface area contributed by atoms with E-state index in [9.17, 15) is 4.79 Å². The Hall–Kier alpha value is -3.71. The predicted molar refractivity (Wildman–Crippen MR) is 142 cm³/mol. The van der Waals surface area contributed by atoms with Crippen molar-refractivity contribution < 1.29 is 4.79 Å². The number of thiophene rings is 1. The predicted octanol–water partition coefficient (Wildman–Crippen LogP) is 5.77. The van der Waals surface area contributed by atoms with Crippen LogP contribution in [0.3, 0.4) is 0 Å². The van der Waals surface area contributed by atoms with Crippen LogP contribution in [-0.4, -0.2) is 35.4 Å². The summed E-state index contributed by atoms with van der Waals surface area (Å²) in [6, 6.07) is 21.2. The normalized spacial score (nSPS) is 14.9. The Kier molecular flexibility index (Phi) is 8.24. The lowest BCUT2D eigenvalue weighted by atomic mass is 10.1. The minimum atomic E-state index is -0.257. The van der Waals surface area contributed by atoms with E-state index in [1.807, 2.05) is 72.1 Å². The average Bonchev–Trinajstić information content (AvgIpc) is 3.41. The molecule has 2 N–H and O–H groups in total. The molecule has 1 saturated heterocycles. The van der Waals surface area contributed by atoms with Crippen molar-refractivity contribution in [3.8, 4) is 0 Å². The Morgan fingerprint density at radius 1 is 0.941 bits per heavy atom. The number of amidine groups is 1. The number of hydrogen-bond donors (Lipinski definition) is 2. The van der Waals surface area contributed by atoms with E-state index in [2.05, 4.69) is 27.8 Å². The van der Waals surface area contributed by atoms with E-state index in [0.717, 1.165) is 36.5 Å². The van der Waals surface area contributed by atoms with Gasteiger partial charge in [-0.2, -0.15) is 10.2 Å². The second kappa shape index (κ2) is 12.0. The van der Waals surface area contributed by atoms with Crippen LogP contribution in [0.2, 0.25) is 0 Å². The maximum absolute atomic E-state index is 12.7. The van der Waals surface area contributed by atoms with Crippen molar-refractivity contribution in [2.24, 2.45) is 10.2 Å². The molecule has 1 fully saturated rings. The third kappa shape index (κ3) is 6.65. The maximum Gasteiger partial charge on any atom is 0.271 e. The number of benzene rings is 2. The molecular weight excluding hydrogens is 442 g/mol. The van der Waals surface area contributed by atoms with Gasteiger partial charge in [0.05, 0.1) is 5.69 Å². The Labute approximate surface area is 204 Å². The SMILES string of the molecule is Cc1ccc(N\N=C(C(/C=C/c2cccs2)=N\NC(=O)c2ccccc2)\N2CCCCC2)cc1. The quantitative estimate of drug-likeness (QED) is 0.261. The van der Waals surface area contributed by atoms with Crippen LogP contribution in [0.1, 0.15) is 40.1 Å². The summed E-state index contributed by atoms with van der Waals surface area (Å²) in [7, 11) is 0. The fourth-order valence-electron chi connectivity index (χ4n) is 3.62. The molecule has 34 heavy (non-hydrogen) atoms. The molecule has 7 heteroatoms. The number of hydrogen-bond acceptors (Lipinski definition) is 5. The summed E-state index contributed by atoms with van der Waals surface area (Å²) in [5.74, 6) is 0.452. The van der Waals surface area contributed by atoms with Crippen molar-refractivity contribution in [2.45, 2.75) is 26.2 Å². The number of likely N-dealkylation sites (tertiary alicyclic amines) is 1. The van der Waals surface area contributed by atoms with Crippen LogP contribution in [0.25, 0.3) is 6.08 Å². The van der Waals surface area contributed by atoms with Crippen molar-refractivity contribution in [1.82, 2.24) is 10.3 Å². The fourth-order valence-corrected chi connectivity index (χ4v) is 4.23. The lowest BCUT2D eigenvalue weighted by molar-refractivity contribution is 0.0955. The van der Waals surface area contributed by atoms with E-state index in [0.29, 0.717) is 17.1 Å². The summed E-state index contributed by atoms with van der Waals surface area (Å²) < 4.78 is 0. The van der Waals surface area contributed by atoms with Gasteiger partial charge in [0, 0.05) is 23.5 Å². The largest absolute Gasteiger partial charge is 0.353 e. The van der Waals surface area contributed by atoms with Crippen molar-refractivity contribution in [1.29, 1.82) is 0 Å². The highest BCUT2D eigenvalue weighted by atomic mass is 32.1. The van der Waals surface area contributed by atoms with E-state index in [1.54, 1.807) is 23.5 Å². The molecule has 0 saturated carbocycles. The summed E-state index contributed by atoms with van der Waals surface area (Å²) in [6.45, 7) is 3.85. The highest BCUT2D eigenvalue weighted by molar-refractivity contribution is 7.10. The van der Waals surface area contributed by atoms with Crippen molar-refractivity contribution in [3.63, 3.8) is 0 Å². The minimum absolute atomic E-state index is 0.257. The first-order valence-corrected chi connectivity index (χ1v) is 12.4. The van der Waals surface area contributed by atoms with Crippen LogP contribution in [0.5, 0.6) is 0 Å². The smallest absolute Gasteiger partial charge is 0.271 e. The topological polar surface area (TPSA) is 69.1 Å². The van der Waals surface area contributed by atoms with Crippen LogP contribution < -0.4 is 10.9 Å². The zero-order valence-electron chi connectivity index (χ0n) is 19.3. The Morgan fingerprint density at radius 3 is 2.41 bits per heavy atom. The first-order valence-electron chi connectivity index (χ1n) is 11.5. The van der Waals surface area contributed by atoms with Crippen molar-refractivity contribution >= 4 is 40.6 Å². The molecular formula is C27H29N5OS. The van der Waals surface area contributed by atoms with Crippen LogP contribution in [0.15, 0.2) is 88.4 Å². The number of aryl methyl sites for hydroxylation is 1. The van der Waals surface area contributed by atoms with Gasteiger partial charge in [-0.1, -0.05) is 42.0 Å². The number of nitrogens with zero attached hydrogens (tertiary/aromatic N) is 3. The van der Waals surface area contributed by atoms with E-state index in [4.69, 9.17) is 5.10 Å². The Balaban J connectivity index is 1.65. The zero-order valence-corrected chi connectivity index (χ0v) is 20.1. The highest BCUT2D eigenvalue weighted by Gasteiger charge is 2.20. The fraction of sp³-hybridized carbons (Fsp3) is 0.222. The molecule has 0 atom stereocenters. The molecule has 2 aromatic carbocycles. The number of amides is 1. The first-order chi connectivity index (χ1) is 16.7. The molecule has 0 radical (unpaired) electrons. The molecule has 3 aromatic rings. The standard InChI is InChI=1S/C27H29N5OS/c1-21-12-14-23(15-13-21)28-30-26(32-18-6-3-7-19-32)25(17-16-24-11-8-20-34-24)29-31-27(33)22-9-4-2-5-10-22/h2,4-5,8-17,20,28H,3,6-7,18-19H2,1H3,(H,31,33)/b17-16+,29-25-,30-26+. The summed E-state index contributed by atoms with van der Waals surface area (Å²) >= 11 is 1.65. The lowest BCUT2D eigenvalue weighted by Crippen LogP contribution is -2.41. The third-order valence-electron chi connectivity index (χ3n) is 5.49. The summed E-state index contributed by atoms with van der Waals surface area (Å²) in [6.07, 6.45) is 7.33. The maximum atomic E-state index is 12.7. The van der Waals surface area contributed by atoms with Gasteiger partial charge < -0.3 is 4.90 Å². The molecule has 1 aliphatic rings. The third-order valence-corrected chi connectivity index (χ3v) is 6.33. The number of nitrogens with one attached hydrogen (secondary N) is 2. The molecule has 6 nitrogen and oxygen atoms in total. The molecule has 0 unspecified atom stereocenters. The molecule has 0 bridgehead atoms. The monoisotopic (exact) mass is 471 g/mol. The van der Waals surface area contributed by atoms with Gasteiger partial charge in [0.15, 0.2) is 5.84 Å². The van der Waals surface area contributed by atoms with Gasteiger partial charge in [-0.3, -0.25) is 10.2 Å². The molecule has 2 heterocycles. The molecule has 174 valence electrons. The van der Waals surface area contributed by atoms with Crippen LogP contribution >= 0.6 is 11.3 Å². The van der Waals surface area contributed by atoms with Crippen LogP contribution in [0.4, 0.5) is 5.69 Å². The summed E-state index contributed by atoms with van der Waals surface area (Å²) in [5, 5.41) is 11.3. The first kappa shape index (κ1) is 23.4.